The number of halogens is 1. The van der Waals surface area contributed by atoms with Crippen LogP contribution >= 0.6 is 15.9 Å². The van der Waals surface area contributed by atoms with Crippen molar-refractivity contribution < 1.29 is 0 Å². The number of rotatable bonds is 1. The van der Waals surface area contributed by atoms with Gasteiger partial charge in [0.05, 0.1) is 0 Å². The van der Waals surface area contributed by atoms with E-state index in [4.69, 9.17) is 0 Å². The summed E-state index contributed by atoms with van der Waals surface area (Å²) in [6, 6.07) is 7.03. The second-order valence-corrected chi connectivity index (χ2v) is 4.46. The number of benzene rings is 1. The molecule has 1 saturated heterocycles. The fraction of sp³-hybridized carbons (Fsp3) is 0.455. The smallest absolute Gasteiger partial charge is 0.0323 e. The second-order valence-electron chi connectivity index (χ2n) is 3.60. The quantitative estimate of drug-likeness (QED) is 0.794. The van der Waals surface area contributed by atoms with Crippen LogP contribution in [0.4, 0.5) is 0 Å². The molecule has 2 heteroatoms. The summed E-state index contributed by atoms with van der Waals surface area (Å²) >= 11 is 3.57. The van der Waals surface area contributed by atoms with Crippen LogP contribution in [0, 0.1) is 6.92 Å². The summed E-state index contributed by atoms with van der Waals surface area (Å²) in [6.45, 7) is 3.34. The summed E-state index contributed by atoms with van der Waals surface area (Å²) in [5.41, 5.74) is 2.83. The molecule has 1 fully saturated rings. The van der Waals surface area contributed by atoms with Gasteiger partial charge in [-0.05, 0) is 43.5 Å². The second kappa shape index (κ2) is 3.81. The van der Waals surface area contributed by atoms with Gasteiger partial charge < -0.3 is 5.32 Å². The summed E-state index contributed by atoms with van der Waals surface area (Å²) in [5, 5.41) is 3.52. The Morgan fingerprint density at radius 1 is 1.46 bits per heavy atom. The molecule has 1 aromatic carbocycles. The molecule has 13 heavy (non-hydrogen) atoms. The van der Waals surface area contributed by atoms with Gasteiger partial charge in [-0.25, -0.2) is 0 Å². The van der Waals surface area contributed by atoms with Gasteiger partial charge in [-0.1, -0.05) is 28.1 Å². The third-order valence-electron chi connectivity index (χ3n) is 2.75. The average Bonchev–Trinajstić information content (AvgIpc) is 2.62. The van der Waals surface area contributed by atoms with E-state index in [-0.39, 0.29) is 0 Å². The van der Waals surface area contributed by atoms with E-state index in [1.54, 1.807) is 0 Å². The Kier molecular flexibility index (Phi) is 2.70. The Bertz CT molecular complexity index is 303. The molecule has 0 aliphatic carbocycles. The Morgan fingerprint density at radius 2 is 2.31 bits per heavy atom. The highest BCUT2D eigenvalue weighted by Crippen LogP contribution is 2.29. The topological polar surface area (TPSA) is 12.0 Å². The lowest BCUT2D eigenvalue weighted by molar-refractivity contribution is 0.643. The first kappa shape index (κ1) is 9.22. The van der Waals surface area contributed by atoms with Crippen LogP contribution in [0.5, 0.6) is 0 Å². The zero-order chi connectivity index (χ0) is 9.26. The van der Waals surface area contributed by atoms with E-state index in [2.05, 4.69) is 46.4 Å². The fourth-order valence-electron chi connectivity index (χ4n) is 1.95. The molecular weight excluding hydrogens is 226 g/mol. The molecule has 70 valence electrons. The van der Waals surface area contributed by atoms with Gasteiger partial charge in [0.15, 0.2) is 0 Å². The fourth-order valence-corrected chi connectivity index (χ4v) is 2.33. The molecule has 1 aromatic rings. The van der Waals surface area contributed by atoms with Gasteiger partial charge in [0.25, 0.3) is 0 Å². The standard InChI is InChI=1S/C11H14BrN/c1-8-9(4-2-5-10(8)12)11-6-3-7-13-11/h2,4-5,11,13H,3,6-7H2,1H3. The first-order chi connectivity index (χ1) is 6.29. The molecule has 0 aromatic heterocycles. The highest BCUT2D eigenvalue weighted by atomic mass is 79.9. The minimum Gasteiger partial charge on any atom is -0.310 e. The van der Waals surface area contributed by atoms with Gasteiger partial charge in [0.1, 0.15) is 0 Å². The van der Waals surface area contributed by atoms with E-state index in [9.17, 15) is 0 Å². The van der Waals surface area contributed by atoms with Crippen LogP contribution in [-0.4, -0.2) is 6.54 Å². The predicted octanol–water partition coefficient (Wildman–Crippen LogP) is 3.18. The SMILES string of the molecule is Cc1c(Br)cccc1C1CCCN1. The predicted molar refractivity (Wildman–Crippen MR) is 58.9 cm³/mol. The van der Waals surface area contributed by atoms with Gasteiger partial charge in [-0.15, -0.1) is 0 Å². The van der Waals surface area contributed by atoms with Crippen LogP contribution < -0.4 is 5.32 Å². The maximum Gasteiger partial charge on any atom is 0.0323 e. The largest absolute Gasteiger partial charge is 0.310 e. The molecule has 0 radical (unpaired) electrons. The van der Waals surface area contributed by atoms with E-state index in [1.165, 1.54) is 28.4 Å². The molecule has 1 unspecified atom stereocenters. The molecule has 1 nitrogen and oxygen atoms in total. The third kappa shape index (κ3) is 1.79. The molecular formula is C11H14BrN. The Hall–Kier alpha value is -0.340. The molecule has 2 rings (SSSR count). The first-order valence-corrected chi connectivity index (χ1v) is 5.57. The highest BCUT2D eigenvalue weighted by molar-refractivity contribution is 9.10. The van der Waals surface area contributed by atoms with E-state index in [1.807, 2.05) is 0 Å². The maximum absolute atomic E-state index is 3.57. The molecule has 0 spiro atoms. The number of hydrogen-bond donors (Lipinski definition) is 1. The molecule has 1 atom stereocenters. The van der Waals surface area contributed by atoms with Crippen LogP contribution in [0.25, 0.3) is 0 Å². The normalized spacial score (nSPS) is 22.2. The lowest BCUT2D eigenvalue weighted by Crippen LogP contribution is -2.13. The van der Waals surface area contributed by atoms with Crippen LogP contribution in [0.1, 0.15) is 30.0 Å². The van der Waals surface area contributed by atoms with Crippen LogP contribution in [0.2, 0.25) is 0 Å². The molecule has 0 amide bonds. The minimum atomic E-state index is 0.581. The maximum atomic E-state index is 3.57. The zero-order valence-corrected chi connectivity index (χ0v) is 9.39. The van der Waals surface area contributed by atoms with E-state index < -0.39 is 0 Å². The first-order valence-electron chi connectivity index (χ1n) is 4.77. The summed E-state index contributed by atoms with van der Waals surface area (Å²) < 4.78 is 1.22. The van der Waals surface area contributed by atoms with Crippen molar-refractivity contribution in [3.63, 3.8) is 0 Å². The third-order valence-corrected chi connectivity index (χ3v) is 3.60. The molecule has 1 N–H and O–H groups in total. The van der Waals surface area contributed by atoms with Gasteiger partial charge in [0, 0.05) is 10.5 Å². The van der Waals surface area contributed by atoms with Crippen molar-refractivity contribution in [2.24, 2.45) is 0 Å². The number of nitrogens with one attached hydrogen (secondary N) is 1. The van der Waals surface area contributed by atoms with E-state index in [0.29, 0.717) is 6.04 Å². The van der Waals surface area contributed by atoms with Crippen molar-refractivity contribution in [1.82, 2.24) is 5.32 Å². The Labute approximate surface area is 87.7 Å². The summed E-state index contributed by atoms with van der Waals surface area (Å²) in [5.74, 6) is 0. The van der Waals surface area contributed by atoms with Crippen molar-refractivity contribution in [2.75, 3.05) is 6.54 Å². The molecule has 1 heterocycles. The summed E-state index contributed by atoms with van der Waals surface area (Å²) in [4.78, 5) is 0. The number of hydrogen-bond acceptors (Lipinski definition) is 1. The van der Waals surface area contributed by atoms with Crippen molar-refractivity contribution in [3.05, 3.63) is 33.8 Å². The van der Waals surface area contributed by atoms with Crippen LogP contribution in [0.3, 0.4) is 0 Å². The molecule has 0 bridgehead atoms. The monoisotopic (exact) mass is 239 g/mol. The molecule has 1 aliphatic rings. The Balaban J connectivity index is 2.33. The van der Waals surface area contributed by atoms with Gasteiger partial charge in [-0.3, -0.25) is 0 Å². The van der Waals surface area contributed by atoms with Crippen molar-refractivity contribution in [3.8, 4) is 0 Å². The van der Waals surface area contributed by atoms with Crippen LogP contribution in [-0.2, 0) is 0 Å². The lowest BCUT2D eigenvalue weighted by atomic mass is 10.0. The lowest BCUT2D eigenvalue weighted by Gasteiger charge is -2.14. The van der Waals surface area contributed by atoms with Gasteiger partial charge in [0.2, 0.25) is 0 Å². The minimum absolute atomic E-state index is 0.581. The summed E-state index contributed by atoms with van der Waals surface area (Å²) in [7, 11) is 0. The molecule has 0 saturated carbocycles. The van der Waals surface area contributed by atoms with Crippen LogP contribution in [0.15, 0.2) is 22.7 Å². The van der Waals surface area contributed by atoms with Crippen molar-refractivity contribution >= 4 is 15.9 Å². The van der Waals surface area contributed by atoms with Crippen molar-refractivity contribution in [1.29, 1.82) is 0 Å². The van der Waals surface area contributed by atoms with Crippen molar-refractivity contribution in [2.45, 2.75) is 25.8 Å². The zero-order valence-electron chi connectivity index (χ0n) is 7.81. The Morgan fingerprint density at radius 3 is 3.00 bits per heavy atom. The highest BCUT2D eigenvalue weighted by Gasteiger charge is 2.18. The van der Waals surface area contributed by atoms with E-state index >= 15 is 0 Å². The van der Waals surface area contributed by atoms with Gasteiger partial charge >= 0.3 is 0 Å². The average molecular weight is 240 g/mol. The molecule has 1 aliphatic heterocycles. The summed E-state index contributed by atoms with van der Waals surface area (Å²) in [6.07, 6.45) is 2.58. The van der Waals surface area contributed by atoms with Gasteiger partial charge in [-0.2, -0.15) is 0 Å². The van der Waals surface area contributed by atoms with E-state index in [0.717, 1.165) is 6.54 Å².